The molecule has 1 N–H and O–H groups in total. The van der Waals surface area contributed by atoms with Crippen molar-refractivity contribution in [3.8, 4) is 0 Å². The fraction of sp³-hybridized carbons (Fsp3) is 0.769. The predicted molar refractivity (Wildman–Crippen MR) is 187 cm³/mol. The van der Waals surface area contributed by atoms with E-state index < -0.39 is 36.0 Å². The zero-order valence-corrected chi connectivity index (χ0v) is 30.3. The van der Waals surface area contributed by atoms with Crippen LogP contribution in [0.25, 0.3) is 0 Å². The number of carbonyl (C=O) groups excluding carboxylic acids is 4. The van der Waals surface area contributed by atoms with Crippen LogP contribution >= 0.6 is 0 Å². The summed E-state index contributed by atoms with van der Waals surface area (Å²) in [5.74, 6) is -3.87. The van der Waals surface area contributed by atoms with Gasteiger partial charge >= 0.3 is 29.8 Å². The van der Waals surface area contributed by atoms with Gasteiger partial charge in [0.05, 0.1) is 43.2 Å². The number of carboxylic acids is 1. The normalized spacial score (nSPS) is 26.3. The topological polar surface area (TPSA) is 161 Å². The second kappa shape index (κ2) is 24.1. The van der Waals surface area contributed by atoms with Gasteiger partial charge in [-0.15, -0.1) is 0 Å². The Bertz CT molecular complexity index is 1110. The maximum absolute atomic E-state index is 13.0. The molecule has 0 aromatic rings. The summed E-state index contributed by atoms with van der Waals surface area (Å²) in [6, 6.07) is 0. The summed E-state index contributed by atoms with van der Waals surface area (Å²) in [7, 11) is 0. The fourth-order valence-corrected chi connectivity index (χ4v) is 7.13. The number of carboxylic acid groups (broad SMARTS) is 1. The van der Waals surface area contributed by atoms with E-state index in [-0.39, 0.29) is 42.4 Å². The van der Waals surface area contributed by atoms with Crippen LogP contribution in [0.2, 0.25) is 0 Å². The van der Waals surface area contributed by atoms with Gasteiger partial charge in [0, 0.05) is 31.8 Å². The number of hydrogen-bond donors (Lipinski definition) is 1. The summed E-state index contributed by atoms with van der Waals surface area (Å²) >= 11 is 0. The summed E-state index contributed by atoms with van der Waals surface area (Å²) in [5.41, 5.74) is 0. The van der Waals surface area contributed by atoms with Gasteiger partial charge in [-0.25, -0.2) is 9.59 Å². The zero-order valence-electron chi connectivity index (χ0n) is 30.3. The molecule has 0 aromatic carbocycles. The largest absolute Gasteiger partial charge is 0.481 e. The highest BCUT2D eigenvalue weighted by atomic mass is 16.6. The molecule has 3 aliphatic carbocycles. The standard InChI is InChI=1S/C39H60O12/c1-3-35(40)48-25-11-7-5-9-23-46-30-17-13-28(14-18-30)38(44)50-32-21-22-34(33(27-32)37(42)43)51-39(45)29-15-19-31(20-16-29)47-24-10-6-8-12-26-49-36(41)4-2/h3-4,28-34H,1-2,5-27H2,(H,42,43). The van der Waals surface area contributed by atoms with E-state index >= 15 is 0 Å². The quantitative estimate of drug-likeness (QED) is 0.0534. The number of esters is 4. The smallest absolute Gasteiger partial charge is 0.330 e. The summed E-state index contributed by atoms with van der Waals surface area (Å²) in [6.07, 6.45) is 15.3. The molecule has 3 atom stereocenters. The minimum absolute atomic E-state index is 0.103. The molecular weight excluding hydrogens is 660 g/mol. The van der Waals surface area contributed by atoms with Gasteiger partial charge in [-0.1, -0.05) is 26.0 Å². The first-order valence-electron chi connectivity index (χ1n) is 19.2. The minimum atomic E-state index is -1.04. The summed E-state index contributed by atoms with van der Waals surface area (Å²) in [4.78, 5) is 60.3. The maximum Gasteiger partial charge on any atom is 0.330 e. The molecule has 0 amide bonds. The van der Waals surface area contributed by atoms with E-state index in [4.69, 9.17) is 28.4 Å². The molecule has 3 rings (SSSR count). The molecule has 0 saturated heterocycles. The molecule has 288 valence electrons. The van der Waals surface area contributed by atoms with Crippen molar-refractivity contribution in [1.29, 1.82) is 0 Å². The number of rotatable bonds is 23. The lowest BCUT2D eigenvalue weighted by Crippen LogP contribution is -2.42. The van der Waals surface area contributed by atoms with Crippen LogP contribution in [-0.4, -0.2) is 85.8 Å². The SMILES string of the molecule is C=CC(=O)OCCCCCCOC1CCC(C(=O)OC2CCC(OC(=O)C3CCC(OCCCCCCOC(=O)C=C)CC3)C(C(=O)O)C2)CC1. The second-order valence-corrected chi connectivity index (χ2v) is 14.1. The summed E-state index contributed by atoms with van der Waals surface area (Å²) in [6.45, 7) is 8.86. The van der Waals surface area contributed by atoms with Gasteiger partial charge in [0.15, 0.2) is 0 Å². The van der Waals surface area contributed by atoms with E-state index in [1.54, 1.807) is 0 Å². The molecule has 3 saturated carbocycles. The van der Waals surface area contributed by atoms with Crippen LogP contribution in [0.1, 0.15) is 122 Å². The Hall–Kier alpha value is -3.25. The molecule has 3 fully saturated rings. The van der Waals surface area contributed by atoms with Crippen molar-refractivity contribution < 1.29 is 57.5 Å². The van der Waals surface area contributed by atoms with Crippen molar-refractivity contribution in [1.82, 2.24) is 0 Å². The molecule has 0 aliphatic heterocycles. The average Bonchev–Trinajstić information content (AvgIpc) is 3.14. The molecule has 0 radical (unpaired) electrons. The van der Waals surface area contributed by atoms with Crippen LogP contribution in [-0.2, 0) is 52.4 Å². The molecule has 51 heavy (non-hydrogen) atoms. The molecular formula is C39H60O12. The molecule has 3 unspecified atom stereocenters. The highest BCUT2D eigenvalue weighted by Gasteiger charge is 2.41. The van der Waals surface area contributed by atoms with E-state index in [9.17, 15) is 29.1 Å². The van der Waals surface area contributed by atoms with Gasteiger partial charge in [0.2, 0.25) is 0 Å². The number of unbranched alkanes of at least 4 members (excludes halogenated alkanes) is 6. The van der Waals surface area contributed by atoms with E-state index in [2.05, 4.69) is 13.2 Å². The molecule has 0 heterocycles. The molecule has 3 aliphatic rings. The van der Waals surface area contributed by atoms with Gasteiger partial charge in [-0.2, -0.15) is 0 Å². The van der Waals surface area contributed by atoms with E-state index in [0.717, 1.165) is 89.2 Å². The number of carbonyl (C=O) groups is 5. The second-order valence-electron chi connectivity index (χ2n) is 14.1. The third kappa shape index (κ3) is 16.3. The Morgan fingerprint density at radius 1 is 0.529 bits per heavy atom. The molecule has 12 heteroatoms. The Balaban J connectivity index is 1.25. The van der Waals surface area contributed by atoms with Crippen LogP contribution in [0.5, 0.6) is 0 Å². The maximum atomic E-state index is 13.0. The summed E-state index contributed by atoms with van der Waals surface area (Å²) < 4.78 is 33.6. The first-order valence-corrected chi connectivity index (χ1v) is 19.2. The van der Waals surface area contributed by atoms with Crippen LogP contribution < -0.4 is 0 Å². The Kier molecular flexibility index (Phi) is 19.9. The van der Waals surface area contributed by atoms with Gasteiger partial charge in [-0.05, 0) is 103 Å². The van der Waals surface area contributed by atoms with E-state index in [1.165, 1.54) is 0 Å². The van der Waals surface area contributed by atoms with Crippen molar-refractivity contribution >= 4 is 29.8 Å². The monoisotopic (exact) mass is 720 g/mol. The van der Waals surface area contributed by atoms with Gasteiger partial charge in [0.25, 0.3) is 0 Å². The lowest BCUT2D eigenvalue weighted by atomic mass is 9.83. The fourth-order valence-electron chi connectivity index (χ4n) is 7.13. The molecule has 0 bridgehead atoms. The highest BCUT2D eigenvalue weighted by molar-refractivity contribution is 5.81. The predicted octanol–water partition coefficient (Wildman–Crippen LogP) is 6.42. The molecule has 12 nitrogen and oxygen atoms in total. The first kappa shape index (κ1) is 42.2. The van der Waals surface area contributed by atoms with E-state index in [0.29, 0.717) is 65.0 Å². The minimum Gasteiger partial charge on any atom is -0.481 e. The molecule has 0 spiro atoms. The van der Waals surface area contributed by atoms with Crippen LogP contribution in [0, 0.1) is 17.8 Å². The number of hydrogen-bond acceptors (Lipinski definition) is 11. The van der Waals surface area contributed by atoms with Crippen LogP contribution in [0.15, 0.2) is 25.3 Å². The number of ether oxygens (including phenoxy) is 6. The third-order valence-corrected chi connectivity index (χ3v) is 10.2. The Labute approximate surface area is 302 Å². The molecule has 0 aromatic heterocycles. The van der Waals surface area contributed by atoms with Gasteiger partial charge in [-0.3, -0.25) is 14.4 Å². The van der Waals surface area contributed by atoms with Crippen molar-refractivity contribution in [3.05, 3.63) is 25.3 Å². The van der Waals surface area contributed by atoms with E-state index in [1.807, 2.05) is 0 Å². The highest BCUT2D eigenvalue weighted by Crippen LogP contribution is 2.34. The van der Waals surface area contributed by atoms with Gasteiger partial charge < -0.3 is 33.5 Å². The summed E-state index contributed by atoms with van der Waals surface area (Å²) in [5, 5.41) is 9.96. The zero-order chi connectivity index (χ0) is 36.8. The van der Waals surface area contributed by atoms with Crippen molar-refractivity contribution in [2.75, 3.05) is 26.4 Å². The van der Waals surface area contributed by atoms with Crippen molar-refractivity contribution in [3.63, 3.8) is 0 Å². The Morgan fingerprint density at radius 3 is 1.37 bits per heavy atom. The average molecular weight is 721 g/mol. The van der Waals surface area contributed by atoms with Crippen LogP contribution in [0.4, 0.5) is 0 Å². The lowest BCUT2D eigenvalue weighted by Gasteiger charge is -2.35. The van der Waals surface area contributed by atoms with Crippen molar-refractivity contribution in [2.45, 2.75) is 146 Å². The van der Waals surface area contributed by atoms with Crippen molar-refractivity contribution in [2.24, 2.45) is 17.8 Å². The first-order chi connectivity index (χ1) is 24.7. The number of aliphatic carboxylic acids is 1. The van der Waals surface area contributed by atoms with Crippen LogP contribution in [0.3, 0.4) is 0 Å². The Morgan fingerprint density at radius 2 is 0.941 bits per heavy atom. The third-order valence-electron chi connectivity index (χ3n) is 10.2. The lowest BCUT2D eigenvalue weighted by molar-refractivity contribution is -0.175. The van der Waals surface area contributed by atoms with Gasteiger partial charge in [0.1, 0.15) is 12.2 Å².